The highest BCUT2D eigenvalue weighted by atomic mass is 35.5. The Balaban J connectivity index is 2.09. The Bertz CT molecular complexity index is 1420. The fourth-order valence-corrected chi connectivity index (χ4v) is 6.18. The quantitative estimate of drug-likeness (QED) is 0.285. The zero-order valence-electron chi connectivity index (χ0n) is 23.3. The van der Waals surface area contributed by atoms with E-state index >= 15 is 0 Å². The third-order valence-corrected chi connectivity index (χ3v) is 9.16. The summed E-state index contributed by atoms with van der Waals surface area (Å²) in [6, 6.07) is 17.2. The van der Waals surface area contributed by atoms with Crippen molar-refractivity contribution < 1.29 is 18.0 Å². The first-order valence-electron chi connectivity index (χ1n) is 13.0. The van der Waals surface area contributed by atoms with Gasteiger partial charge >= 0.3 is 0 Å². The summed E-state index contributed by atoms with van der Waals surface area (Å²) in [5.74, 6) is -0.948. The van der Waals surface area contributed by atoms with E-state index in [-0.39, 0.29) is 23.4 Å². The van der Waals surface area contributed by atoms with Gasteiger partial charge in [-0.3, -0.25) is 13.9 Å². The molecule has 3 aromatic carbocycles. The molecule has 0 bridgehead atoms. The number of nitrogens with one attached hydrogen (secondary N) is 1. The maximum atomic E-state index is 14.1. The number of hydrogen-bond acceptors (Lipinski definition) is 4. The minimum Gasteiger partial charge on any atom is -0.352 e. The van der Waals surface area contributed by atoms with Gasteiger partial charge in [-0.25, -0.2) is 8.42 Å². The van der Waals surface area contributed by atoms with Crippen LogP contribution in [0.4, 0.5) is 5.69 Å². The van der Waals surface area contributed by atoms with E-state index in [1.165, 1.54) is 17.0 Å². The lowest BCUT2D eigenvalue weighted by Gasteiger charge is -2.33. The largest absolute Gasteiger partial charge is 0.352 e. The molecule has 0 unspecified atom stereocenters. The number of rotatable bonds is 11. The van der Waals surface area contributed by atoms with Gasteiger partial charge in [0.15, 0.2) is 0 Å². The number of carbonyl (C=O) groups excluding carboxylic acids is 2. The lowest BCUT2D eigenvalue weighted by atomic mass is 10.1. The maximum Gasteiger partial charge on any atom is 0.264 e. The van der Waals surface area contributed by atoms with Gasteiger partial charge in [0.05, 0.1) is 10.6 Å². The summed E-state index contributed by atoms with van der Waals surface area (Å²) in [6.45, 7) is 8.51. The molecule has 0 aliphatic heterocycles. The Morgan fingerprint density at radius 2 is 1.48 bits per heavy atom. The molecule has 10 heteroatoms. The van der Waals surface area contributed by atoms with Crippen LogP contribution in [0.1, 0.15) is 43.9 Å². The first kappa shape index (κ1) is 31.5. The molecule has 0 saturated heterocycles. The number of hydrogen-bond donors (Lipinski definition) is 1. The smallest absolute Gasteiger partial charge is 0.264 e. The van der Waals surface area contributed by atoms with Gasteiger partial charge in [-0.05, 0) is 81.6 Å². The Morgan fingerprint density at radius 3 is 2.02 bits per heavy atom. The lowest BCUT2D eigenvalue weighted by molar-refractivity contribution is -0.139. The molecule has 7 nitrogen and oxygen atoms in total. The van der Waals surface area contributed by atoms with E-state index in [0.29, 0.717) is 27.7 Å². The first-order chi connectivity index (χ1) is 18.8. The molecule has 40 heavy (non-hydrogen) atoms. The predicted octanol–water partition coefficient (Wildman–Crippen LogP) is 6.14. The van der Waals surface area contributed by atoms with Gasteiger partial charge in [0, 0.05) is 28.2 Å². The first-order valence-corrected chi connectivity index (χ1v) is 15.2. The van der Waals surface area contributed by atoms with Crippen LogP contribution in [0.5, 0.6) is 0 Å². The summed E-state index contributed by atoms with van der Waals surface area (Å²) in [4.78, 5) is 28.6. The molecule has 2 atom stereocenters. The van der Waals surface area contributed by atoms with E-state index in [1.54, 1.807) is 55.5 Å². The molecule has 0 heterocycles. The molecule has 0 spiro atoms. The van der Waals surface area contributed by atoms with E-state index in [2.05, 4.69) is 5.32 Å². The maximum absolute atomic E-state index is 14.1. The lowest BCUT2D eigenvalue weighted by Crippen LogP contribution is -2.52. The molecule has 1 N–H and O–H groups in total. The molecule has 2 amide bonds. The fourth-order valence-electron chi connectivity index (χ4n) is 4.24. The summed E-state index contributed by atoms with van der Waals surface area (Å²) < 4.78 is 28.9. The Labute approximate surface area is 247 Å². The number of sulfonamides is 1. The number of nitrogens with zero attached hydrogens (tertiary/aromatic N) is 2. The van der Waals surface area contributed by atoms with E-state index < -0.39 is 28.5 Å². The molecule has 3 rings (SSSR count). The standard InChI is InChI=1S/C30H35Cl2N3O4S/c1-6-22(4)33-30(37)23(5)34(18-26-27(31)13-10-14-28(26)32)29(36)19-35(24-16-20(2)15-21(3)17-24)40(38,39)25-11-8-7-9-12-25/h7-17,22-23H,6,18-19H2,1-5H3,(H,33,37)/t22-,23+/m1/s1. The highest BCUT2D eigenvalue weighted by molar-refractivity contribution is 7.92. The molecule has 3 aromatic rings. The number of benzene rings is 3. The zero-order chi connectivity index (χ0) is 29.6. The molecule has 0 aliphatic rings. The average molecular weight is 605 g/mol. The Morgan fingerprint density at radius 1 is 0.900 bits per heavy atom. The van der Waals surface area contributed by atoms with Crippen molar-refractivity contribution in [2.24, 2.45) is 0 Å². The average Bonchev–Trinajstić information content (AvgIpc) is 2.90. The van der Waals surface area contributed by atoms with Crippen LogP contribution in [0.3, 0.4) is 0 Å². The summed E-state index contributed by atoms with van der Waals surface area (Å²) in [6.07, 6.45) is 0.707. The topological polar surface area (TPSA) is 86.8 Å². The van der Waals surface area contributed by atoms with Crippen molar-refractivity contribution in [1.29, 1.82) is 0 Å². The van der Waals surface area contributed by atoms with Crippen LogP contribution in [0, 0.1) is 13.8 Å². The van der Waals surface area contributed by atoms with Crippen LogP contribution < -0.4 is 9.62 Å². The number of aryl methyl sites for hydroxylation is 2. The number of halogens is 2. The fraction of sp³-hybridized carbons (Fsp3) is 0.333. The molecule has 0 aliphatic carbocycles. The van der Waals surface area contributed by atoms with E-state index in [0.717, 1.165) is 15.4 Å². The van der Waals surface area contributed by atoms with Gasteiger partial charge in [-0.2, -0.15) is 0 Å². The van der Waals surface area contributed by atoms with Gasteiger partial charge in [0.25, 0.3) is 10.0 Å². The second kappa shape index (κ2) is 13.5. The van der Waals surface area contributed by atoms with Crippen molar-refractivity contribution in [2.45, 2.75) is 64.6 Å². The minimum atomic E-state index is -4.14. The van der Waals surface area contributed by atoms with Crippen LogP contribution in [0.25, 0.3) is 0 Å². The van der Waals surface area contributed by atoms with Crippen LogP contribution in [-0.4, -0.2) is 43.8 Å². The van der Waals surface area contributed by atoms with Crippen LogP contribution >= 0.6 is 23.2 Å². The summed E-state index contributed by atoms with van der Waals surface area (Å²) >= 11 is 12.9. The summed E-state index contributed by atoms with van der Waals surface area (Å²) in [5.41, 5.74) is 2.50. The molecule has 214 valence electrons. The molecule has 0 saturated carbocycles. The normalized spacial score (nSPS) is 12.9. The number of anilines is 1. The molecule has 0 fully saturated rings. The Kier molecular flexibility index (Phi) is 10.6. The summed E-state index contributed by atoms with van der Waals surface area (Å²) in [7, 11) is -4.14. The van der Waals surface area contributed by atoms with Crippen molar-refractivity contribution >= 4 is 50.7 Å². The highest BCUT2D eigenvalue weighted by Crippen LogP contribution is 2.29. The van der Waals surface area contributed by atoms with Crippen LogP contribution in [0.15, 0.2) is 71.6 Å². The van der Waals surface area contributed by atoms with Gasteiger partial charge < -0.3 is 10.2 Å². The van der Waals surface area contributed by atoms with Crippen LogP contribution in [-0.2, 0) is 26.2 Å². The van der Waals surface area contributed by atoms with Crippen molar-refractivity contribution in [3.63, 3.8) is 0 Å². The highest BCUT2D eigenvalue weighted by Gasteiger charge is 2.33. The van der Waals surface area contributed by atoms with Gasteiger partial charge in [-0.15, -0.1) is 0 Å². The van der Waals surface area contributed by atoms with E-state index in [9.17, 15) is 18.0 Å². The van der Waals surface area contributed by atoms with E-state index in [4.69, 9.17) is 23.2 Å². The molecular formula is C30H35Cl2N3O4S. The molecule has 0 radical (unpaired) electrons. The van der Waals surface area contributed by atoms with Crippen molar-refractivity contribution in [2.75, 3.05) is 10.8 Å². The predicted molar refractivity (Wildman–Crippen MR) is 161 cm³/mol. The van der Waals surface area contributed by atoms with Crippen LogP contribution in [0.2, 0.25) is 10.0 Å². The van der Waals surface area contributed by atoms with Gasteiger partial charge in [-0.1, -0.05) is 60.5 Å². The van der Waals surface area contributed by atoms with Crippen molar-refractivity contribution in [3.8, 4) is 0 Å². The number of carbonyl (C=O) groups is 2. The SMILES string of the molecule is CC[C@@H](C)NC(=O)[C@H](C)N(Cc1c(Cl)cccc1Cl)C(=O)CN(c1cc(C)cc(C)c1)S(=O)(=O)c1ccccc1. The zero-order valence-corrected chi connectivity index (χ0v) is 25.6. The van der Waals surface area contributed by atoms with Gasteiger partial charge in [0.1, 0.15) is 12.6 Å². The second-order valence-corrected chi connectivity index (χ2v) is 12.6. The third-order valence-electron chi connectivity index (χ3n) is 6.66. The number of amides is 2. The van der Waals surface area contributed by atoms with Gasteiger partial charge in [0.2, 0.25) is 11.8 Å². The molecule has 0 aromatic heterocycles. The minimum absolute atomic E-state index is 0.0465. The van der Waals surface area contributed by atoms with Crippen molar-refractivity contribution in [3.05, 3.63) is 93.5 Å². The summed E-state index contributed by atoms with van der Waals surface area (Å²) in [5, 5.41) is 3.58. The molecular weight excluding hydrogens is 569 g/mol. The third kappa shape index (κ3) is 7.56. The Hall–Kier alpha value is -3.07. The monoisotopic (exact) mass is 603 g/mol. The van der Waals surface area contributed by atoms with E-state index in [1.807, 2.05) is 33.8 Å². The van der Waals surface area contributed by atoms with Crippen molar-refractivity contribution in [1.82, 2.24) is 10.2 Å². The second-order valence-electron chi connectivity index (χ2n) is 9.89.